The van der Waals surface area contributed by atoms with Gasteiger partial charge in [-0.2, -0.15) is 9.40 Å². The van der Waals surface area contributed by atoms with E-state index in [1.165, 1.54) is 33.2 Å². The zero-order valence-electron chi connectivity index (χ0n) is 28.6. The van der Waals surface area contributed by atoms with Crippen molar-refractivity contribution in [1.29, 1.82) is 0 Å². The van der Waals surface area contributed by atoms with E-state index in [1.807, 2.05) is 37.6 Å². The van der Waals surface area contributed by atoms with Crippen molar-refractivity contribution in [3.05, 3.63) is 56.8 Å². The normalized spacial score (nSPS) is 20.7. The van der Waals surface area contributed by atoms with E-state index in [-0.39, 0.29) is 43.0 Å². The maximum atomic E-state index is 13.9. The quantitative estimate of drug-likeness (QED) is 0.206. The van der Waals surface area contributed by atoms with E-state index in [4.69, 9.17) is 16.6 Å². The first kappa shape index (κ1) is 33.6. The summed E-state index contributed by atoms with van der Waals surface area (Å²) in [5.74, 6) is -0.449. The van der Waals surface area contributed by atoms with Crippen molar-refractivity contribution in [2.75, 3.05) is 48.8 Å². The number of thiophene rings is 2. The molecule has 0 aromatic carbocycles. The summed E-state index contributed by atoms with van der Waals surface area (Å²) in [7, 11) is -3.35. The van der Waals surface area contributed by atoms with Crippen LogP contribution in [0, 0.1) is 20.8 Å². The van der Waals surface area contributed by atoms with Crippen LogP contribution in [-0.4, -0.2) is 100 Å². The molecule has 8 heterocycles. The third kappa shape index (κ3) is 5.64. The first-order chi connectivity index (χ1) is 24.3. The predicted molar refractivity (Wildman–Crippen MR) is 196 cm³/mol. The average molecular weight is 749 g/mol. The van der Waals surface area contributed by atoms with Gasteiger partial charge in [0.15, 0.2) is 0 Å². The Hall–Kier alpha value is -4.52. The zero-order chi connectivity index (χ0) is 35.9. The Labute approximate surface area is 302 Å². The smallest absolute Gasteiger partial charge is 0.298 e. The number of carbonyl (C=O) groups excluding carboxylic acids is 2. The zero-order valence-corrected chi connectivity index (χ0v) is 31.0. The molecular weight excluding hydrogens is 711 g/mol. The van der Waals surface area contributed by atoms with Gasteiger partial charge in [-0.15, -0.1) is 16.4 Å². The summed E-state index contributed by atoms with van der Waals surface area (Å²) in [6.07, 6.45) is 6.15. The van der Waals surface area contributed by atoms with Crippen molar-refractivity contribution >= 4 is 82.0 Å². The molecule has 5 aromatic heterocycles. The molecule has 0 spiro atoms. The van der Waals surface area contributed by atoms with Gasteiger partial charge >= 0.3 is 0 Å². The lowest BCUT2D eigenvalue weighted by Gasteiger charge is -2.32. The molecule has 0 radical (unpaired) electrons. The summed E-state index contributed by atoms with van der Waals surface area (Å²) in [5.41, 5.74) is 18.4. The van der Waals surface area contributed by atoms with Gasteiger partial charge in [-0.25, -0.2) is 8.42 Å². The molecule has 3 aliphatic rings. The predicted octanol–water partition coefficient (Wildman–Crippen LogP) is 1.99. The van der Waals surface area contributed by atoms with Crippen LogP contribution in [0.25, 0.3) is 20.4 Å². The number of nitrogens with zero attached hydrogens (tertiary/aromatic N) is 8. The standard InChI is InChI=1S/C33H37N11O4S3/c1-16-17(2)40-43(33-24(16)26(34)28(50-33)30(45)37-19-7-10-41(12-19)20-5-8-36-9-6-20)15-23-18(3)38-39-31-25(23)27(35)29(49-31)32(46)42-13-22-11-21(42)14-44(22)51(4,47)48/h5-6,8-9,19,21-22H,7,10-15H2,1-4H3,(H4-,34,35,37,45,46)/p+1. The van der Waals surface area contributed by atoms with Crippen LogP contribution in [0.3, 0.4) is 0 Å². The fourth-order valence-electron chi connectivity index (χ4n) is 7.73. The van der Waals surface area contributed by atoms with Gasteiger partial charge in [0.25, 0.3) is 16.6 Å². The van der Waals surface area contributed by atoms with Crippen molar-refractivity contribution in [2.45, 2.75) is 58.3 Å². The van der Waals surface area contributed by atoms with Crippen LogP contribution < -0.4 is 26.4 Å². The molecule has 2 amide bonds. The molecule has 2 bridgehead atoms. The molecule has 18 heteroatoms. The molecule has 3 saturated heterocycles. The molecule has 51 heavy (non-hydrogen) atoms. The van der Waals surface area contributed by atoms with Crippen LogP contribution in [0.1, 0.15) is 54.7 Å². The number of anilines is 3. The van der Waals surface area contributed by atoms with Crippen LogP contribution in [0.15, 0.2) is 24.5 Å². The molecular formula is C33H38N11O4S3+. The fraction of sp³-hybridized carbons (Fsp3) is 0.424. The van der Waals surface area contributed by atoms with Gasteiger partial charge in [-0.3, -0.25) is 14.6 Å². The summed E-state index contributed by atoms with van der Waals surface area (Å²) < 4.78 is 27.7. The summed E-state index contributed by atoms with van der Waals surface area (Å²) >= 11 is 2.49. The van der Waals surface area contributed by atoms with Gasteiger partial charge in [0.2, 0.25) is 16.6 Å². The third-order valence-corrected chi connectivity index (χ3v) is 14.0. The number of pyridine rings is 1. The SMILES string of the molecule is Cc1nnc2sc(C(=O)N3CC4CC3CN4S(C)(=O)=O)c(N)c2c1C[n+]1nc(C)c(C)c2c(N)c(C(=O)NC3CCN(c4ccncc4)C3)sc21. The summed E-state index contributed by atoms with van der Waals surface area (Å²) in [6.45, 7) is 8.08. The Morgan fingerprint density at radius 3 is 2.43 bits per heavy atom. The molecule has 0 saturated carbocycles. The number of carbonyl (C=O) groups is 2. The van der Waals surface area contributed by atoms with E-state index in [2.05, 4.69) is 25.4 Å². The van der Waals surface area contributed by atoms with Crippen LogP contribution >= 0.6 is 22.7 Å². The van der Waals surface area contributed by atoms with E-state index < -0.39 is 10.0 Å². The summed E-state index contributed by atoms with van der Waals surface area (Å²) in [4.78, 5) is 37.7. The number of likely N-dealkylation sites (tertiary alicyclic amines) is 1. The Kier molecular flexibility index (Phi) is 8.12. The molecule has 15 nitrogen and oxygen atoms in total. The lowest BCUT2D eigenvalue weighted by atomic mass is 10.1. The number of amides is 2. The molecule has 3 atom stereocenters. The highest BCUT2D eigenvalue weighted by Crippen LogP contribution is 2.40. The lowest BCUT2D eigenvalue weighted by Crippen LogP contribution is -2.50. The van der Waals surface area contributed by atoms with Gasteiger partial charge < -0.3 is 26.6 Å². The lowest BCUT2D eigenvalue weighted by molar-refractivity contribution is -0.720. The highest BCUT2D eigenvalue weighted by molar-refractivity contribution is 7.88. The van der Waals surface area contributed by atoms with E-state index in [0.29, 0.717) is 56.5 Å². The number of aromatic nitrogens is 5. The highest BCUT2D eigenvalue weighted by atomic mass is 32.2. The van der Waals surface area contributed by atoms with Crippen molar-refractivity contribution < 1.29 is 22.7 Å². The number of hydrogen-bond donors (Lipinski definition) is 3. The number of piperazine rings is 1. The van der Waals surface area contributed by atoms with Gasteiger partial charge in [-0.05, 0) is 56.4 Å². The number of sulfonamides is 1. The highest BCUT2D eigenvalue weighted by Gasteiger charge is 2.49. The van der Waals surface area contributed by atoms with Gasteiger partial charge in [-0.1, -0.05) is 16.0 Å². The number of nitrogen functional groups attached to an aromatic ring is 2. The first-order valence-corrected chi connectivity index (χ1v) is 20.1. The van der Waals surface area contributed by atoms with E-state index in [0.717, 1.165) is 45.7 Å². The Balaban J connectivity index is 1.09. The minimum absolute atomic E-state index is 0.0324. The Morgan fingerprint density at radius 2 is 1.73 bits per heavy atom. The second-order valence-corrected chi connectivity index (χ2v) is 17.6. The molecule has 3 fully saturated rings. The van der Waals surface area contributed by atoms with Crippen molar-refractivity contribution in [2.24, 2.45) is 0 Å². The molecule has 5 N–H and O–H groups in total. The first-order valence-electron chi connectivity index (χ1n) is 16.7. The van der Waals surface area contributed by atoms with Crippen molar-refractivity contribution in [3.63, 3.8) is 0 Å². The number of aryl methyl sites for hydroxylation is 3. The monoisotopic (exact) mass is 748 g/mol. The maximum Gasteiger partial charge on any atom is 0.298 e. The largest absolute Gasteiger partial charge is 0.397 e. The van der Waals surface area contributed by atoms with Crippen LogP contribution in [0.4, 0.5) is 17.1 Å². The van der Waals surface area contributed by atoms with Crippen LogP contribution in [0.2, 0.25) is 0 Å². The number of fused-ring (bicyclic) bond motifs is 4. The molecule has 0 aliphatic carbocycles. The fourth-order valence-corrected chi connectivity index (χ4v) is 11.0. The van der Waals surface area contributed by atoms with Gasteiger partial charge in [0.1, 0.15) is 20.3 Å². The number of hydrogen-bond acceptors (Lipinski definition) is 13. The minimum Gasteiger partial charge on any atom is -0.397 e. The molecule has 3 aliphatic heterocycles. The molecule has 3 unspecified atom stereocenters. The third-order valence-electron chi connectivity index (χ3n) is 10.4. The van der Waals surface area contributed by atoms with Gasteiger partial charge in [0, 0.05) is 67.8 Å². The van der Waals surface area contributed by atoms with Crippen molar-refractivity contribution in [3.8, 4) is 0 Å². The molecule has 266 valence electrons. The number of nitrogens with two attached hydrogens (primary N) is 2. The van der Waals surface area contributed by atoms with E-state index in [1.54, 1.807) is 17.3 Å². The second kappa shape index (κ2) is 12.3. The second-order valence-electron chi connectivity index (χ2n) is 13.6. The number of nitrogens with one attached hydrogen (secondary N) is 1. The van der Waals surface area contributed by atoms with E-state index in [9.17, 15) is 18.0 Å². The minimum atomic E-state index is -3.35. The molecule has 5 aromatic rings. The maximum absolute atomic E-state index is 13.9. The summed E-state index contributed by atoms with van der Waals surface area (Å²) in [5, 5.41) is 18.3. The van der Waals surface area contributed by atoms with Crippen molar-refractivity contribution in [1.82, 2.24) is 34.8 Å². The van der Waals surface area contributed by atoms with Crippen LogP contribution in [-0.2, 0) is 16.6 Å². The number of rotatable bonds is 7. The van der Waals surface area contributed by atoms with E-state index >= 15 is 0 Å². The van der Waals surface area contributed by atoms with Crippen LogP contribution in [0.5, 0.6) is 0 Å². The summed E-state index contributed by atoms with van der Waals surface area (Å²) in [6, 6.07) is 3.46. The molecule has 8 rings (SSSR count). The average Bonchev–Trinajstić information content (AvgIpc) is 3.93. The Morgan fingerprint density at radius 1 is 0.980 bits per heavy atom. The Bertz CT molecular complexity index is 2360. The topological polar surface area (TPSA) is 198 Å². The van der Waals surface area contributed by atoms with Gasteiger partial charge in [0.05, 0.1) is 34.3 Å².